The van der Waals surface area contributed by atoms with Crippen molar-refractivity contribution in [3.8, 4) is 34.5 Å². The number of phenols is 1. The summed E-state index contributed by atoms with van der Waals surface area (Å²) in [6.07, 6.45) is 0. The summed E-state index contributed by atoms with van der Waals surface area (Å²) in [6, 6.07) is 14.5. The zero-order chi connectivity index (χ0) is 27.1. The lowest BCUT2D eigenvalue weighted by Crippen LogP contribution is -2.37. The van der Waals surface area contributed by atoms with Gasteiger partial charge in [-0.2, -0.15) is 0 Å². The number of phenolic OH excluding ortho intramolecular Hbond substituents is 1. The van der Waals surface area contributed by atoms with Crippen LogP contribution in [0.15, 0.2) is 48.5 Å². The maximum Gasteiger partial charge on any atom is 0.310 e. The van der Waals surface area contributed by atoms with E-state index in [2.05, 4.69) is 5.32 Å². The number of anilines is 1. The third kappa shape index (κ3) is 4.30. The first-order valence-corrected chi connectivity index (χ1v) is 12.7. The second-order valence-corrected chi connectivity index (χ2v) is 9.62. The van der Waals surface area contributed by atoms with Crippen LogP contribution < -0.4 is 29.0 Å². The number of cyclic esters (lactones) is 1. The average Bonchev–Trinajstić information content (AvgIpc) is 3.58. The van der Waals surface area contributed by atoms with Crippen LogP contribution in [0.4, 0.5) is 5.69 Å². The van der Waals surface area contributed by atoms with Gasteiger partial charge in [0.1, 0.15) is 12.4 Å². The molecule has 2 aliphatic heterocycles. The van der Waals surface area contributed by atoms with Crippen molar-refractivity contribution in [1.29, 1.82) is 0 Å². The lowest BCUT2D eigenvalue weighted by molar-refractivity contribution is -0.141. The molecule has 0 aromatic heterocycles. The molecular weight excluding hydrogens is 506 g/mol. The minimum absolute atomic E-state index is 0.0635. The molecule has 1 saturated heterocycles. The molecular formula is C29H29NO9. The second kappa shape index (κ2) is 10.1. The van der Waals surface area contributed by atoms with E-state index in [1.165, 1.54) is 14.2 Å². The summed E-state index contributed by atoms with van der Waals surface area (Å²) in [6.45, 7) is 0.515. The lowest BCUT2D eigenvalue weighted by atomic mass is 9.65. The highest BCUT2D eigenvalue weighted by Gasteiger charge is 2.52. The van der Waals surface area contributed by atoms with Gasteiger partial charge in [-0.3, -0.25) is 4.79 Å². The van der Waals surface area contributed by atoms with Crippen molar-refractivity contribution in [3.05, 3.63) is 65.2 Å². The quantitative estimate of drug-likeness (QED) is 0.369. The van der Waals surface area contributed by atoms with Crippen molar-refractivity contribution < 1.29 is 43.4 Å². The number of aliphatic hydroxyl groups excluding tert-OH is 1. The van der Waals surface area contributed by atoms with Gasteiger partial charge in [-0.05, 0) is 65.2 Å². The summed E-state index contributed by atoms with van der Waals surface area (Å²) in [7, 11) is 2.94. The molecule has 0 bridgehead atoms. The molecule has 0 radical (unpaired) electrons. The Bertz CT molecular complexity index is 1370. The van der Waals surface area contributed by atoms with E-state index in [1.54, 1.807) is 12.1 Å². The normalized spacial score (nSPS) is 22.5. The molecule has 10 nitrogen and oxygen atoms in total. The molecule has 0 saturated carbocycles. The molecule has 0 amide bonds. The highest BCUT2D eigenvalue weighted by Crippen LogP contribution is 2.56. The fourth-order valence-corrected chi connectivity index (χ4v) is 5.83. The third-order valence-electron chi connectivity index (χ3n) is 7.58. The minimum atomic E-state index is -0.513. The predicted octanol–water partition coefficient (Wildman–Crippen LogP) is 3.60. The molecule has 1 fully saturated rings. The van der Waals surface area contributed by atoms with Gasteiger partial charge in [0.15, 0.2) is 23.0 Å². The first-order chi connectivity index (χ1) is 19.0. The standard InChI is InChI=1S/C29H29NO9/c1-34-23-9-15(10-24(35-2)28(23)32)25-18-11-21-22(39-14-38-21)12-19(18)27(20-13-37-29(33)26(20)25)30-16-3-5-17(6-4-16)36-8-7-31/h3-6,9-12,20,25-27,30-32H,7-8,13-14H2,1-2H3/t20-,25+,26-,27+/m0/s1. The number of hydrogen-bond donors (Lipinski definition) is 3. The van der Waals surface area contributed by atoms with Crippen molar-refractivity contribution >= 4 is 11.7 Å². The van der Waals surface area contributed by atoms with Crippen LogP contribution in [0.2, 0.25) is 0 Å². The highest BCUT2D eigenvalue weighted by atomic mass is 16.7. The number of esters is 1. The summed E-state index contributed by atoms with van der Waals surface area (Å²) in [4.78, 5) is 13.3. The van der Waals surface area contributed by atoms with Crippen molar-refractivity contribution in [1.82, 2.24) is 0 Å². The van der Waals surface area contributed by atoms with E-state index < -0.39 is 11.8 Å². The Morgan fingerprint density at radius 3 is 2.26 bits per heavy atom. The Morgan fingerprint density at radius 2 is 1.62 bits per heavy atom. The zero-order valence-electron chi connectivity index (χ0n) is 21.5. The van der Waals surface area contributed by atoms with E-state index in [0.717, 1.165) is 22.4 Å². The number of aromatic hydroxyl groups is 1. The predicted molar refractivity (Wildman–Crippen MR) is 139 cm³/mol. The summed E-state index contributed by atoms with van der Waals surface area (Å²) < 4.78 is 33.4. The Labute approximate surface area is 225 Å². The highest BCUT2D eigenvalue weighted by molar-refractivity contribution is 5.79. The van der Waals surface area contributed by atoms with Crippen LogP contribution in [0, 0.1) is 11.8 Å². The molecule has 2 heterocycles. The number of ether oxygens (including phenoxy) is 6. The summed E-state index contributed by atoms with van der Waals surface area (Å²) in [5.74, 6) is 0.854. The molecule has 3 N–H and O–H groups in total. The van der Waals surface area contributed by atoms with Crippen molar-refractivity contribution in [3.63, 3.8) is 0 Å². The Balaban J connectivity index is 1.47. The first-order valence-electron chi connectivity index (χ1n) is 12.7. The van der Waals surface area contributed by atoms with Crippen molar-refractivity contribution in [2.75, 3.05) is 46.1 Å². The molecule has 1 aliphatic carbocycles. The molecule has 4 atom stereocenters. The van der Waals surface area contributed by atoms with E-state index in [9.17, 15) is 9.90 Å². The number of benzene rings is 3. The maximum atomic E-state index is 13.3. The van der Waals surface area contributed by atoms with Crippen LogP contribution in [0.5, 0.6) is 34.5 Å². The smallest absolute Gasteiger partial charge is 0.310 e. The van der Waals surface area contributed by atoms with E-state index in [4.69, 9.17) is 33.5 Å². The molecule has 204 valence electrons. The zero-order valence-corrected chi connectivity index (χ0v) is 21.5. The van der Waals surface area contributed by atoms with Gasteiger partial charge >= 0.3 is 5.97 Å². The number of fused-ring (bicyclic) bond motifs is 3. The van der Waals surface area contributed by atoms with Gasteiger partial charge in [0.05, 0.1) is 39.4 Å². The number of rotatable bonds is 8. The molecule has 10 heteroatoms. The molecule has 6 rings (SSSR count). The SMILES string of the molecule is COc1cc([C@@H]2c3cc4c(cc3[C@@H](Nc3ccc(OCCO)cc3)[C@H]3COC(=O)[C@H]23)OCO4)cc(OC)c1O. The minimum Gasteiger partial charge on any atom is -0.502 e. The van der Waals surface area contributed by atoms with Crippen molar-refractivity contribution in [2.45, 2.75) is 12.0 Å². The van der Waals surface area contributed by atoms with Gasteiger partial charge in [0.2, 0.25) is 12.5 Å². The Hall–Kier alpha value is -4.31. The number of nitrogens with one attached hydrogen (secondary N) is 1. The molecule has 3 aliphatic rings. The summed E-state index contributed by atoms with van der Waals surface area (Å²) >= 11 is 0. The largest absolute Gasteiger partial charge is 0.502 e. The number of carbonyl (C=O) groups is 1. The van der Waals surface area contributed by atoms with Gasteiger partial charge in [0.25, 0.3) is 0 Å². The summed E-state index contributed by atoms with van der Waals surface area (Å²) in [5.41, 5.74) is 3.42. The fourth-order valence-electron chi connectivity index (χ4n) is 5.83. The lowest BCUT2D eigenvalue weighted by Gasteiger charge is -2.40. The van der Waals surface area contributed by atoms with Crippen molar-refractivity contribution in [2.24, 2.45) is 11.8 Å². The van der Waals surface area contributed by atoms with E-state index in [1.807, 2.05) is 36.4 Å². The maximum absolute atomic E-state index is 13.3. The van der Waals surface area contributed by atoms with Gasteiger partial charge in [-0.1, -0.05) is 0 Å². The fraction of sp³-hybridized carbons (Fsp3) is 0.345. The number of aliphatic hydroxyl groups is 1. The van der Waals surface area contributed by atoms with E-state index >= 15 is 0 Å². The van der Waals surface area contributed by atoms with Gasteiger partial charge < -0.3 is 44.0 Å². The molecule has 0 spiro atoms. The van der Waals surface area contributed by atoms with Crippen LogP contribution in [0.3, 0.4) is 0 Å². The van der Waals surface area contributed by atoms with Crippen LogP contribution in [0.25, 0.3) is 0 Å². The van der Waals surface area contributed by atoms with E-state index in [0.29, 0.717) is 17.2 Å². The first kappa shape index (κ1) is 25.0. The topological polar surface area (TPSA) is 125 Å². The van der Waals surface area contributed by atoms with Gasteiger partial charge in [-0.25, -0.2) is 0 Å². The second-order valence-electron chi connectivity index (χ2n) is 9.62. The Kier molecular flexibility index (Phi) is 6.48. The van der Waals surface area contributed by atoms with Crippen LogP contribution in [-0.4, -0.2) is 57.0 Å². The van der Waals surface area contributed by atoms with Gasteiger partial charge in [-0.15, -0.1) is 0 Å². The number of carbonyl (C=O) groups excluding carboxylic acids is 1. The monoisotopic (exact) mass is 535 g/mol. The van der Waals surface area contributed by atoms with Crippen LogP contribution >= 0.6 is 0 Å². The number of methoxy groups -OCH3 is 2. The molecule has 3 aromatic carbocycles. The Morgan fingerprint density at radius 1 is 0.949 bits per heavy atom. The van der Waals surface area contributed by atoms with E-state index in [-0.39, 0.29) is 61.8 Å². The molecule has 3 aromatic rings. The molecule has 0 unspecified atom stereocenters. The number of hydrogen-bond acceptors (Lipinski definition) is 10. The van der Waals surface area contributed by atoms with Crippen LogP contribution in [0.1, 0.15) is 28.7 Å². The average molecular weight is 536 g/mol. The molecule has 39 heavy (non-hydrogen) atoms. The summed E-state index contributed by atoms with van der Waals surface area (Å²) in [5, 5.41) is 23.2. The van der Waals surface area contributed by atoms with Crippen LogP contribution in [-0.2, 0) is 9.53 Å². The third-order valence-corrected chi connectivity index (χ3v) is 7.58. The van der Waals surface area contributed by atoms with Gasteiger partial charge in [0, 0.05) is 17.5 Å².